The molecule has 1 atom stereocenters. The molecule has 0 aliphatic carbocycles. The Kier molecular flexibility index (Phi) is 4.41. The van der Waals surface area contributed by atoms with E-state index in [9.17, 15) is 8.78 Å². The summed E-state index contributed by atoms with van der Waals surface area (Å²) in [6.07, 6.45) is 0.605. The average Bonchev–Trinajstić information content (AvgIpc) is 2.10. The highest BCUT2D eigenvalue weighted by Crippen LogP contribution is 2.11. The van der Waals surface area contributed by atoms with Crippen molar-refractivity contribution in [2.45, 2.75) is 31.5 Å². The number of hydrogen-bond acceptors (Lipinski definition) is 1. The summed E-state index contributed by atoms with van der Waals surface area (Å²) in [5.41, 5.74) is 7.23. The maximum absolute atomic E-state index is 12.9. The van der Waals surface area contributed by atoms with Crippen molar-refractivity contribution in [3.05, 3.63) is 35.4 Å². The van der Waals surface area contributed by atoms with Gasteiger partial charge in [0.1, 0.15) is 0 Å². The lowest BCUT2D eigenvalue weighted by Crippen LogP contribution is -2.31. The molecule has 2 N–H and O–H groups in total. The van der Waals surface area contributed by atoms with Crippen LogP contribution in [-0.4, -0.2) is 15.2 Å². The van der Waals surface area contributed by atoms with Gasteiger partial charge in [0.05, 0.1) is 9.52 Å². The van der Waals surface area contributed by atoms with Crippen molar-refractivity contribution in [3.8, 4) is 0 Å². The fourth-order valence-electron chi connectivity index (χ4n) is 1.41. The summed E-state index contributed by atoms with van der Waals surface area (Å²) < 4.78 is 25.5. The molecule has 0 aliphatic heterocycles. The molecule has 1 nitrogen and oxygen atoms in total. The number of rotatable bonds is 4. The predicted octanol–water partition coefficient (Wildman–Crippen LogP) is 2.32. The monoisotopic (exact) mass is 227 g/mol. The lowest BCUT2D eigenvalue weighted by Gasteiger charge is -2.12. The normalized spacial score (nSPS) is 13.2. The summed E-state index contributed by atoms with van der Waals surface area (Å²) in [4.78, 5) is 0. The van der Waals surface area contributed by atoms with Crippen molar-refractivity contribution in [1.82, 2.24) is 0 Å². The Morgan fingerprint density at radius 1 is 1.27 bits per heavy atom. The fourth-order valence-corrected chi connectivity index (χ4v) is 2.62. The smallest absolute Gasteiger partial charge is 0.159 e. The molecule has 2 radical (unpaired) electrons. The second-order valence-electron chi connectivity index (χ2n) is 3.88. The van der Waals surface area contributed by atoms with E-state index in [1.807, 2.05) is 0 Å². The lowest BCUT2D eigenvalue weighted by atomic mass is 10.1. The molecule has 0 spiro atoms. The molecule has 82 valence electrons. The van der Waals surface area contributed by atoms with Gasteiger partial charge in [-0.2, -0.15) is 0 Å². The van der Waals surface area contributed by atoms with E-state index >= 15 is 0 Å². The zero-order chi connectivity index (χ0) is 11.4. The molecule has 0 heterocycles. The van der Waals surface area contributed by atoms with Crippen molar-refractivity contribution in [2.24, 2.45) is 5.73 Å². The minimum atomic E-state index is -0.807. The van der Waals surface area contributed by atoms with E-state index in [4.69, 9.17) is 5.73 Å². The third-order valence-electron chi connectivity index (χ3n) is 1.99. The fraction of sp³-hybridized carbons (Fsp3) is 0.455. The number of nitrogens with two attached hydrogens (primary N) is 1. The van der Waals surface area contributed by atoms with Gasteiger partial charge in [-0.1, -0.05) is 25.5 Å². The van der Waals surface area contributed by atoms with Crippen LogP contribution in [0.1, 0.15) is 19.4 Å². The Morgan fingerprint density at radius 3 is 2.47 bits per heavy atom. The summed E-state index contributed by atoms with van der Waals surface area (Å²) >= 11 is 0. The summed E-state index contributed by atoms with van der Waals surface area (Å²) in [6, 6.07) is 3.96. The molecular weight excluding hydrogens is 212 g/mol. The second-order valence-corrected chi connectivity index (χ2v) is 6.11. The summed E-state index contributed by atoms with van der Waals surface area (Å²) in [7, 11) is 0.644. The average molecular weight is 227 g/mol. The summed E-state index contributed by atoms with van der Waals surface area (Å²) in [5, 5.41) is 0. The topological polar surface area (TPSA) is 26.0 Å². The number of halogens is 2. The molecular formula is C11H15F2NSi. The van der Waals surface area contributed by atoms with Crippen molar-refractivity contribution in [2.75, 3.05) is 0 Å². The number of hydrogen-bond donors (Lipinski definition) is 1. The van der Waals surface area contributed by atoms with Gasteiger partial charge in [0, 0.05) is 0 Å². The van der Waals surface area contributed by atoms with Gasteiger partial charge in [-0.25, -0.2) is 8.78 Å². The molecule has 0 saturated heterocycles. The van der Waals surface area contributed by atoms with Gasteiger partial charge >= 0.3 is 0 Å². The third-order valence-corrected chi connectivity index (χ3v) is 3.29. The van der Waals surface area contributed by atoms with E-state index in [1.54, 1.807) is 6.07 Å². The van der Waals surface area contributed by atoms with Crippen molar-refractivity contribution in [1.29, 1.82) is 0 Å². The second kappa shape index (κ2) is 5.37. The Balaban J connectivity index is 2.60. The molecule has 1 aromatic carbocycles. The maximum Gasteiger partial charge on any atom is 0.159 e. The van der Waals surface area contributed by atoms with Crippen LogP contribution in [0.25, 0.3) is 0 Å². The predicted molar refractivity (Wildman–Crippen MR) is 58.9 cm³/mol. The number of benzene rings is 1. The molecule has 1 rings (SSSR count). The zero-order valence-electron chi connectivity index (χ0n) is 8.93. The van der Waals surface area contributed by atoms with Crippen LogP contribution < -0.4 is 5.73 Å². The van der Waals surface area contributed by atoms with Crippen LogP contribution in [0.5, 0.6) is 0 Å². The quantitative estimate of drug-likeness (QED) is 0.785. The molecule has 1 aromatic rings. The van der Waals surface area contributed by atoms with Crippen LogP contribution in [0.3, 0.4) is 0 Å². The highest BCUT2D eigenvalue weighted by molar-refractivity contribution is 6.39. The van der Waals surface area contributed by atoms with E-state index < -0.39 is 11.6 Å². The van der Waals surface area contributed by atoms with Crippen molar-refractivity contribution in [3.63, 3.8) is 0 Å². The first-order valence-corrected chi connectivity index (χ1v) is 6.10. The Labute approximate surface area is 91.5 Å². The van der Waals surface area contributed by atoms with Gasteiger partial charge in [0.15, 0.2) is 11.6 Å². The summed E-state index contributed by atoms with van der Waals surface area (Å²) in [5.74, 6) is -1.61. The maximum atomic E-state index is 12.9. The van der Waals surface area contributed by atoms with Gasteiger partial charge in [-0.3, -0.25) is 0 Å². The van der Waals surface area contributed by atoms with Crippen LogP contribution in [0.15, 0.2) is 18.2 Å². The van der Waals surface area contributed by atoms with Crippen molar-refractivity contribution >= 4 is 9.52 Å². The van der Waals surface area contributed by atoms with E-state index in [2.05, 4.69) is 13.8 Å². The van der Waals surface area contributed by atoms with E-state index in [1.165, 1.54) is 6.07 Å². The SMILES string of the molecule is CC(C)[Si]C(N)Cc1ccc(F)c(F)c1. The first-order chi connectivity index (χ1) is 6.99. The van der Waals surface area contributed by atoms with Gasteiger partial charge < -0.3 is 5.73 Å². The molecule has 0 aliphatic rings. The first kappa shape index (κ1) is 12.3. The van der Waals surface area contributed by atoms with Crippen LogP contribution >= 0.6 is 0 Å². The molecule has 15 heavy (non-hydrogen) atoms. The molecule has 4 heteroatoms. The van der Waals surface area contributed by atoms with Gasteiger partial charge in [-0.15, -0.1) is 0 Å². The molecule has 0 fully saturated rings. The minimum Gasteiger partial charge on any atom is -0.330 e. The van der Waals surface area contributed by atoms with Crippen LogP contribution in [0.4, 0.5) is 8.78 Å². The first-order valence-electron chi connectivity index (χ1n) is 4.94. The van der Waals surface area contributed by atoms with Gasteiger partial charge in [0.25, 0.3) is 0 Å². The Hall–Kier alpha value is -0.743. The van der Waals surface area contributed by atoms with Gasteiger partial charge in [-0.05, 0) is 29.8 Å². The van der Waals surface area contributed by atoms with Crippen LogP contribution in [-0.2, 0) is 6.42 Å². The highest BCUT2D eigenvalue weighted by atomic mass is 28.2. The largest absolute Gasteiger partial charge is 0.330 e. The molecule has 0 amide bonds. The van der Waals surface area contributed by atoms with Crippen LogP contribution in [0.2, 0.25) is 5.54 Å². The van der Waals surface area contributed by atoms with E-state index in [0.717, 1.165) is 11.6 Å². The Morgan fingerprint density at radius 2 is 1.93 bits per heavy atom. The highest BCUT2D eigenvalue weighted by Gasteiger charge is 2.09. The molecule has 0 bridgehead atoms. The lowest BCUT2D eigenvalue weighted by molar-refractivity contribution is 0.507. The minimum absolute atomic E-state index is 0.0369. The molecule has 0 saturated carbocycles. The van der Waals surface area contributed by atoms with Crippen LogP contribution in [0, 0.1) is 11.6 Å². The van der Waals surface area contributed by atoms with E-state index in [0.29, 0.717) is 21.5 Å². The molecule has 1 unspecified atom stereocenters. The van der Waals surface area contributed by atoms with Crippen molar-refractivity contribution < 1.29 is 8.78 Å². The molecule has 0 aromatic heterocycles. The Bertz CT molecular complexity index is 328. The third kappa shape index (κ3) is 4.09. The summed E-state index contributed by atoms with van der Waals surface area (Å²) in [6.45, 7) is 4.20. The van der Waals surface area contributed by atoms with Gasteiger partial charge in [0.2, 0.25) is 0 Å². The standard InChI is InChI=1S/C11H15F2NSi/c1-7(2)15-11(14)6-8-3-4-9(12)10(13)5-8/h3-5,7,11H,6,14H2,1-2H3. The van der Waals surface area contributed by atoms with E-state index in [-0.39, 0.29) is 5.67 Å². The zero-order valence-corrected chi connectivity index (χ0v) is 9.93.